The van der Waals surface area contributed by atoms with E-state index in [4.69, 9.17) is 0 Å². The van der Waals surface area contributed by atoms with Crippen molar-refractivity contribution in [3.8, 4) is 5.69 Å². The third kappa shape index (κ3) is 3.59. The van der Waals surface area contributed by atoms with Crippen LogP contribution in [0, 0.1) is 6.92 Å². The van der Waals surface area contributed by atoms with E-state index in [-0.39, 0.29) is 10.6 Å². The lowest BCUT2D eigenvalue weighted by Crippen LogP contribution is -2.33. The van der Waals surface area contributed by atoms with Gasteiger partial charge >= 0.3 is 0 Å². The van der Waals surface area contributed by atoms with Gasteiger partial charge in [-0.25, -0.2) is 9.58 Å². The van der Waals surface area contributed by atoms with Crippen LogP contribution in [0.1, 0.15) is 11.3 Å². The molecule has 2 aromatic carbocycles. The van der Waals surface area contributed by atoms with Crippen LogP contribution in [0.3, 0.4) is 0 Å². The molecule has 1 aliphatic rings. The molecule has 0 saturated carbocycles. The summed E-state index contributed by atoms with van der Waals surface area (Å²) in [4.78, 5) is 42.3. The van der Waals surface area contributed by atoms with Gasteiger partial charge < -0.3 is 4.90 Å². The maximum absolute atomic E-state index is 13.2. The lowest BCUT2D eigenvalue weighted by atomic mass is 10.2. The first kappa shape index (κ1) is 20.7. The maximum atomic E-state index is 13.2. The van der Waals surface area contributed by atoms with E-state index >= 15 is 0 Å². The second kappa shape index (κ2) is 7.96. The second-order valence-electron chi connectivity index (χ2n) is 7.41. The van der Waals surface area contributed by atoms with Crippen LogP contribution >= 0.6 is 11.8 Å². The van der Waals surface area contributed by atoms with Crippen LogP contribution < -0.4 is 15.4 Å². The molecule has 2 amide bonds. The molecule has 7 nitrogen and oxygen atoms in total. The fourth-order valence-electron chi connectivity index (χ4n) is 3.49. The quantitative estimate of drug-likeness (QED) is 0.585. The van der Waals surface area contributed by atoms with Crippen molar-refractivity contribution in [3.63, 3.8) is 0 Å². The molecule has 0 spiro atoms. The normalized spacial score (nSPS) is 15.2. The number of carbonyl (C=O) groups excluding carboxylic acids is 2. The lowest BCUT2D eigenvalue weighted by Gasteiger charge is -2.12. The number of thioether (sulfide) groups is 1. The maximum Gasteiger partial charge on any atom is 0.298 e. The summed E-state index contributed by atoms with van der Waals surface area (Å²) in [7, 11) is 5.63. The molecule has 0 atom stereocenters. The predicted octanol–water partition coefficient (Wildman–Crippen LogP) is 3.79. The third-order valence-corrected chi connectivity index (χ3v) is 6.12. The Morgan fingerprint density at radius 1 is 0.935 bits per heavy atom. The molecule has 1 aliphatic heterocycles. The van der Waals surface area contributed by atoms with Crippen molar-refractivity contribution < 1.29 is 9.59 Å². The summed E-state index contributed by atoms with van der Waals surface area (Å²) in [6, 6.07) is 16.8. The molecule has 0 aliphatic carbocycles. The minimum Gasteiger partial charge on any atom is -0.378 e. The number of benzene rings is 2. The smallest absolute Gasteiger partial charge is 0.298 e. The number of hydrogen-bond donors (Lipinski definition) is 0. The molecule has 0 bridgehead atoms. The Kier molecular flexibility index (Phi) is 5.32. The number of imide groups is 1. The molecule has 0 N–H and O–H groups in total. The Labute approximate surface area is 184 Å². The predicted molar refractivity (Wildman–Crippen MR) is 125 cm³/mol. The van der Waals surface area contributed by atoms with Gasteiger partial charge in [0.25, 0.3) is 16.7 Å². The van der Waals surface area contributed by atoms with Gasteiger partial charge in [0.05, 0.1) is 16.3 Å². The van der Waals surface area contributed by atoms with E-state index in [2.05, 4.69) is 0 Å². The zero-order valence-corrected chi connectivity index (χ0v) is 18.5. The van der Waals surface area contributed by atoms with Gasteiger partial charge in [-0.1, -0.05) is 30.3 Å². The van der Waals surface area contributed by atoms with Crippen molar-refractivity contribution in [2.45, 2.75) is 6.92 Å². The standard InChI is InChI=1S/C23H22N4O3S/c1-15-20(22(29)27(25(15)4)18-8-6-5-7-9-18)26-21(28)19(31-23(26)30)14-16-10-12-17(13-11-16)24(2)3/h5-14H,1-4H3/b19-14+. The van der Waals surface area contributed by atoms with E-state index in [0.29, 0.717) is 11.4 Å². The largest absolute Gasteiger partial charge is 0.378 e. The van der Waals surface area contributed by atoms with E-state index in [9.17, 15) is 14.4 Å². The molecule has 31 heavy (non-hydrogen) atoms. The number of aromatic nitrogens is 2. The molecule has 3 aromatic rings. The van der Waals surface area contributed by atoms with Crippen molar-refractivity contribution in [1.29, 1.82) is 0 Å². The number of amides is 2. The molecule has 1 fully saturated rings. The highest BCUT2D eigenvalue weighted by atomic mass is 32.2. The summed E-state index contributed by atoms with van der Waals surface area (Å²) in [6.45, 7) is 1.73. The monoisotopic (exact) mass is 434 g/mol. The number of carbonyl (C=O) groups is 2. The molecule has 1 saturated heterocycles. The molecular weight excluding hydrogens is 412 g/mol. The van der Waals surface area contributed by atoms with E-state index in [1.165, 1.54) is 4.68 Å². The summed E-state index contributed by atoms with van der Waals surface area (Å²) in [5.41, 5.74) is 2.71. The van der Waals surface area contributed by atoms with Crippen LogP contribution in [0.4, 0.5) is 16.2 Å². The van der Waals surface area contributed by atoms with Crippen molar-refractivity contribution in [2.24, 2.45) is 7.05 Å². The summed E-state index contributed by atoms with van der Waals surface area (Å²) >= 11 is 0.841. The van der Waals surface area contributed by atoms with Gasteiger partial charge in [-0.2, -0.15) is 0 Å². The summed E-state index contributed by atoms with van der Waals surface area (Å²) in [6.07, 6.45) is 1.68. The van der Waals surface area contributed by atoms with Crippen molar-refractivity contribution in [3.05, 3.63) is 81.1 Å². The Morgan fingerprint density at radius 2 is 1.58 bits per heavy atom. The van der Waals surface area contributed by atoms with Crippen LogP contribution in [0.5, 0.6) is 0 Å². The van der Waals surface area contributed by atoms with E-state index in [0.717, 1.165) is 27.9 Å². The highest BCUT2D eigenvalue weighted by Crippen LogP contribution is 2.36. The van der Waals surface area contributed by atoms with Crippen molar-refractivity contribution >= 4 is 40.4 Å². The van der Waals surface area contributed by atoms with Crippen molar-refractivity contribution in [1.82, 2.24) is 9.36 Å². The average molecular weight is 435 g/mol. The molecule has 8 heteroatoms. The summed E-state index contributed by atoms with van der Waals surface area (Å²) in [5.74, 6) is -0.488. The number of hydrogen-bond acceptors (Lipinski definition) is 5. The summed E-state index contributed by atoms with van der Waals surface area (Å²) in [5, 5.41) is -0.479. The minimum atomic E-state index is -0.488. The van der Waals surface area contributed by atoms with Gasteiger partial charge in [-0.3, -0.25) is 19.1 Å². The Hall–Kier alpha value is -3.52. The fourth-order valence-corrected chi connectivity index (χ4v) is 4.32. The highest BCUT2D eigenvalue weighted by Gasteiger charge is 2.40. The van der Waals surface area contributed by atoms with E-state index in [1.54, 1.807) is 36.9 Å². The number of para-hydroxylation sites is 1. The first-order chi connectivity index (χ1) is 14.8. The Morgan fingerprint density at radius 3 is 2.19 bits per heavy atom. The first-order valence-corrected chi connectivity index (χ1v) is 10.5. The zero-order chi connectivity index (χ0) is 22.3. The average Bonchev–Trinajstić information content (AvgIpc) is 3.14. The molecular formula is C23H22N4O3S. The van der Waals surface area contributed by atoms with Crippen LogP contribution in [-0.2, 0) is 11.8 Å². The third-order valence-electron chi connectivity index (χ3n) is 5.25. The van der Waals surface area contributed by atoms with E-state index < -0.39 is 16.7 Å². The highest BCUT2D eigenvalue weighted by molar-refractivity contribution is 8.19. The molecule has 1 aromatic heterocycles. The van der Waals surface area contributed by atoms with Gasteiger partial charge in [0, 0.05) is 26.8 Å². The molecule has 0 radical (unpaired) electrons. The van der Waals surface area contributed by atoms with Gasteiger partial charge in [0.15, 0.2) is 0 Å². The number of anilines is 2. The number of nitrogens with zero attached hydrogens (tertiary/aromatic N) is 4. The van der Waals surface area contributed by atoms with Gasteiger partial charge in [0.1, 0.15) is 5.69 Å². The Balaban J connectivity index is 1.73. The van der Waals surface area contributed by atoms with Gasteiger partial charge in [0.2, 0.25) is 0 Å². The number of rotatable bonds is 4. The lowest BCUT2D eigenvalue weighted by molar-refractivity contribution is -0.113. The van der Waals surface area contributed by atoms with Crippen LogP contribution in [0.15, 0.2) is 64.3 Å². The summed E-state index contributed by atoms with van der Waals surface area (Å²) < 4.78 is 3.11. The van der Waals surface area contributed by atoms with E-state index in [1.807, 2.05) is 61.5 Å². The zero-order valence-electron chi connectivity index (χ0n) is 17.7. The van der Waals surface area contributed by atoms with Gasteiger partial charge in [-0.15, -0.1) is 0 Å². The first-order valence-electron chi connectivity index (χ1n) is 9.69. The Bertz CT molecular complexity index is 1250. The SMILES string of the molecule is Cc1c(N2C(=O)S/C(=C/c3ccc(N(C)C)cc3)C2=O)c(=O)n(-c2ccccc2)n1C. The topological polar surface area (TPSA) is 67.6 Å². The van der Waals surface area contributed by atoms with Gasteiger partial charge in [-0.05, 0) is 54.6 Å². The molecule has 158 valence electrons. The van der Waals surface area contributed by atoms with Crippen molar-refractivity contribution in [2.75, 3.05) is 23.9 Å². The van der Waals surface area contributed by atoms with Crippen LogP contribution in [0.25, 0.3) is 11.8 Å². The fraction of sp³-hybridized carbons (Fsp3) is 0.174. The van der Waals surface area contributed by atoms with Crippen LogP contribution in [-0.4, -0.2) is 34.6 Å². The molecule has 4 rings (SSSR count). The molecule has 0 unspecified atom stereocenters. The van der Waals surface area contributed by atoms with Crippen LogP contribution in [0.2, 0.25) is 0 Å². The minimum absolute atomic E-state index is 0.0835. The molecule has 2 heterocycles. The second-order valence-corrected chi connectivity index (χ2v) is 8.41.